The number of likely N-dealkylation sites (N-methyl/N-ethyl adjacent to an activating group) is 1. The van der Waals surface area contributed by atoms with Gasteiger partial charge in [0.2, 0.25) is 0 Å². The molecule has 0 fully saturated rings. The van der Waals surface area contributed by atoms with E-state index >= 15 is 0 Å². The fourth-order valence-electron chi connectivity index (χ4n) is 0.991. The quantitative estimate of drug-likeness (QED) is 0.627. The van der Waals surface area contributed by atoms with Crippen LogP contribution < -0.4 is 0 Å². The van der Waals surface area contributed by atoms with Crippen molar-refractivity contribution in [3.63, 3.8) is 0 Å². The lowest BCUT2D eigenvalue weighted by molar-refractivity contribution is 0.0957. The Morgan fingerprint density at radius 2 is 2.29 bits per heavy atom. The zero-order valence-electron chi connectivity index (χ0n) is 7.92. The highest BCUT2D eigenvalue weighted by molar-refractivity contribution is 9.10. The Balaban J connectivity index is 2.94. The first-order valence-electron chi connectivity index (χ1n) is 3.99. The molecule has 0 N–H and O–H groups in total. The van der Waals surface area contributed by atoms with Crippen LogP contribution in [0, 0.1) is 0 Å². The largest absolute Gasteiger partial charge is 0.302 e. The average Bonchev–Trinajstić information content (AvgIpc) is 2.08. The smallest absolute Gasteiger partial charge is 0.179 e. The van der Waals surface area contributed by atoms with Gasteiger partial charge in [0.1, 0.15) is 5.15 Å². The van der Waals surface area contributed by atoms with E-state index in [-0.39, 0.29) is 10.9 Å². The fourth-order valence-corrected chi connectivity index (χ4v) is 1.53. The normalized spacial score (nSPS) is 10.6. The molecule has 0 atom stereocenters. The van der Waals surface area contributed by atoms with E-state index in [9.17, 15) is 4.79 Å². The van der Waals surface area contributed by atoms with Crippen molar-refractivity contribution in [1.29, 1.82) is 0 Å². The Morgan fingerprint density at radius 3 is 2.86 bits per heavy atom. The van der Waals surface area contributed by atoms with Crippen molar-refractivity contribution in [1.82, 2.24) is 9.88 Å². The summed E-state index contributed by atoms with van der Waals surface area (Å²) >= 11 is 9.05. The predicted octanol–water partition coefficient (Wildman–Crippen LogP) is 2.24. The molecule has 0 bridgehead atoms. The zero-order chi connectivity index (χ0) is 10.7. The van der Waals surface area contributed by atoms with Crippen LogP contribution in [0.1, 0.15) is 10.4 Å². The highest BCUT2D eigenvalue weighted by Gasteiger charge is 2.12. The highest BCUT2D eigenvalue weighted by atomic mass is 79.9. The molecule has 76 valence electrons. The molecule has 3 nitrogen and oxygen atoms in total. The Morgan fingerprint density at radius 1 is 1.64 bits per heavy atom. The van der Waals surface area contributed by atoms with E-state index in [2.05, 4.69) is 20.9 Å². The lowest BCUT2D eigenvalue weighted by atomic mass is 10.2. The van der Waals surface area contributed by atoms with Gasteiger partial charge in [-0.3, -0.25) is 4.79 Å². The Bertz CT molecular complexity index is 355. The van der Waals surface area contributed by atoms with E-state index in [0.29, 0.717) is 12.1 Å². The first kappa shape index (κ1) is 11.6. The van der Waals surface area contributed by atoms with Crippen LogP contribution in [0.5, 0.6) is 0 Å². The van der Waals surface area contributed by atoms with Gasteiger partial charge in [0.15, 0.2) is 5.78 Å². The van der Waals surface area contributed by atoms with E-state index < -0.39 is 0 Å². The Labute approximate surface area is 96.2 Å². The standard InChI is InChI=1S/C9H10BrClN2O/c1-13(2)5-8(14)7-3-6(10)4-12-9(7)11/h3-4H,5H2,1-2H3. The van der Waals surface area contributed by atoms with E-state index in [4.69, 9.17) is 11.6 Å². The molecule has 1 rings (SSSR count). The van der Waals surface area contributed by atoms with Crippen molar-refractivity contribution in [2.75, 3.05) is 20.6 Å². The number of halogens is 2. The molecule has 14 heavy (non-hydrogen) atoms. The van der Waals surface area contributed by atoms with E-state index in [1.165, 1.54) is 0 Å². The third kappa shape index (κ3) is 3.04. The molecule has 0 aliphatic carbocycles. The second-order valence-corrected chi connectivity index (χ2v) is 4.43. The number of carbonyl (C=O) groups excluding carboxylic acids is 1. The van der Waals surface area contributed by atoms with Gasteiger partial charge >= 0.3 is 0 Å². The first-order chi connectivity index (χ1) is 6.50. The lowest BCUT2D eigenvalue weighted by Crippen LogP contribution is -2.22. The van der Waals surface area contributed by atoms with Gasteiger partial charge in [-0.1, -0.05) is 11.6 Å². The summed E-state index contributed by atoms with van der Waals surface area (Å²) in [5.41, 5.74) is 0.453. The number of Topliss-reactive ketones (excluding diaryl/α,β-unsaturated/α-hetero) is 1. The zero-order valence-corrected chi connectivity index (χ0v) is 10.3. The van der Waals surface area contributed by atoms with Crippen molar-refractivity contribution in [2.24, 2.45) is 0 Å². The van der Waals surface area contributed by atoms with Crippen LogP contribution in [0.3, 0.4) is 0 Å². The fraction of sp³-hybridized carbons (Fsp3) is 0.333. The molecular weight excluding hydrogens is 267 g/mol. The van der Waals surface area contributed by atoms with Gasteiger partial charge < -0.3 is 4.90 Å². The molecule has 1 aromatic heterocycles. The third-order valence-electron chi connectivity index (χ3n) is 1.57. The van der Waals surface area contributed by atoms with E-state index in [0.717, 1.165) is 4.47 Å². The number of hydrogen-bond acceptors (Lipinski definition) is 3. The van der Waals surface area contributed by atoms with Gasteiger partial charge in [-0.25, -0.2) is 4.98 Å². The van der Waals surface area contributed by atoms with Crippen molar-refractivity contribution < 1.29 is 4.79 Å². The predicted molar refractivity (Wildman–Crippen MR) is 59.8 cm³/mol. The molecule has 0 aliphatic rings. The maximum absolute atomic E-state index is 11.6. The Kier molecular flexibility index (Phi) is 4.04. The van der Waals surface area contributed by atoms with Crippen LogP contribution in [0.4, 0.5) is 0 Å². The molecule has 0 radical (unpaired) electrons. The second kappa shape index (κ2) is 4.87. The van der Waals surface area contributed by atoms with Crippen molar-refractivity contribution in [3.8, 4) is 0 Å². The summed E-state index contributed by atoms with van der Waals surface area (Å²) in [4.78, 5) is 17.3. The highest BCUT2D eigenvalue weighted by Crippen LogP contribution is 2.18. The molecule has 0 spiro atoms. The summed E-state index contributed by atoms with van der Waals surface area (Å²) in [7, 11) is 3.66. The van der Waals surface area contributed by atoms with Gasteiger partial charge in [0, 0.05) is 10.7 Å². The minimum absolute atomic E-state index is 0.0335. The third-order valence-corrected chi connectivity index (χ3v) is 2.30. The van der Waals surface area contributed by atoms with E-state index in [1.807, 2.05) is 14.1 Å². The maximum Gasteiger partial charge on any atom is 0.179 e. The SMILES string of the molecule is CN(C)CC(=O)c1cc(Br)cnc1Cl. The van der Waals surface area contributed by atoms with Gasteiger partial charge in [0.05, 0.1) is 12.1 Å². The van der Waals surface area contributed by atoms with Crippen LogP contribution in [-0.4, -0.2) is 36.3 Å². The van der Waals surface area contributed by atoms with Crippen LogP contribution in [0.15, 0.2) is 16.7 Å². The minimum atomic E-state index is -0.0335. The molecule has 0 saturated carbocycles. The summed E-state index contributed by atoms with van der Waals surface area (Å²) in [6.45, 7) is 0.331. The number of hydrogen-bond donors (Lipinski definition) is 0. The number of ketones is 1. The molecule has 5 heteroatoms. The first-order valence-corrected chi connectivity index (χ1v) is 5.17. The molecule has 0 aliphatic heterocycles. The number of pyridine rings is 1. The summed E-state index contributed by atoms with van der Waals surface area (Å²) in [6, 6.07) is 1.68. The maximum atomic E-state index is 11.6. The Hall–Kier alpha value is -0.450. The second-order valence-electron chi connectivity index (χ2n) is 3.15. The summed E-state index contributed by atoms with van der Waals surface area (Å²) < 4.78 is 0.754. The summed E-state index contributed by atoms with van der Waals surface area (Å²) in [5.74, 6) is -0.0335. The van der Waals surface area contributed by atoms with Gasteiger partial charge in [-0.15, -0.1) is 0 Å². The molecule has 1 aromatic rings. The molecular formula is C9H10BrClN2O. The van der Waals surface area contributed by atoms with Crippen molar-refractivity contribution >= 4 is 33.3 Å². The van der Waals surface area contributed by atoms with Crippen LogP contribution in [-0.2, 0) is 0 Å². The summed E-state index contributed by atoms with van der Waals surface area (Å²) in [6.07, 6.45) is 1.56. The number of nitrogens with zero attached hydrogens (tertiary/aromatic N) is 2. The molecule has 0 unspecified atom stereocenters. The number of aromatic nitrogens is 1. The molecule has 0 aromatic carbocycles. The summed E-state index contributed by atoms with van der Waals surface area (Å²) in [5, 5.41) is 0.250. The van der Waals surface area contributed by atoms with E-state index in [1.54, 1.807) is 17.2 Å². The van der Waals surface area contributed by atoms with Gasteiger partial charge in [-0.05, 0) is 36.1 Å². The molecule has 0 amide bonds. The lowest BCUT2D eigenvalue weighted by Gasteiger charge is -2.08. The average molecular weight is 278 g/mol. The van der Waals surface area contributed by atoms with Gasteiger partial charge in [0.25, 0.3) is 0 Å². The topological polar surface area (TPSA) is 33.2 Å². The van der Waals surface area contributed by atoms with Gasteiger partial charge in [-0.2, -0.15) is 0 Å². The minimum Gasteiger partial charge on any atom is -0.302 e. The monoisotopic (exact) mass is 276 g/mol. The number of rotatable bonds is 3. The molecule has 0 saturated heterocycles. The van der Waals surface area contributed by atoms with Crippen LogP contribution >= 0.6 is 27.5 Å². The van der Waals surface area contributed by atoms with Crippen molar-refractivity contribution in [3.05, 3.63) is 27.5 Å². The van der Waals surface area contributed by atoms with Crippen LogP contribution in [0.2, 0.25) is 5.15 Å². The van der Waals surface area contributed by atoms with Crippen LogP contribution in [0.25, 0.3) is 0 Å². The molecule has 1 heterocycles. The van der Waals surface area contributed by atoms with Crippen molar-refractivity contribution in [2.45, 2.75) is 0 Å². The number of carbonyl (C=O) groups is 1.